The molecule has 0 fully saturated rings. The molecule has 0 amide bonds. The molecule has 2 aromatic carbocycles. The highest BCUT2D eigenvalue weighted by Gasteiger charge is 2.18. The lowest BCUT2D eigenvalue weighted by Crippen LogP contribution is -2.00. The second-order valence-electron chi connectivity index (χ2n) is 6.39. The van der Waals surface area contributed by atoms with Crippen LogP contribution in [0.25, 0.3) is 22.3 Å². The molecule has 0 aliphatic heterocycles. The normalized spacial score (nSPS) is 11.4. The van der Waals surface area contributed by atoms with E-state index in [0.29, 0.717) is 16.3 Å². The van der Waals surface area contributed by atoms with E-state index in [-0.39, 0.29) is 5.82 Å². The van der Waals surface area contributed by atoms with E-state index < -0.39 is 0 Å². The summed E-state index contributed by atoms with van der Waals surface area (Å²) in [4.78, 5) is 0. The number of fused-ring (bicyclic) bond motifs is 1. The third-order valence-corrected chi connectivity index (χ3v) is 6.16. The maximum atomic E-state index is 14.1. The maximum Gasteiger partial charge on any atom is 0.191 e. The zero-order valence-electron chi connectivity index (χ0n) is 15.7. The van der Waals surface area contributed by atoms with Crippen molar-refractivity contribution < 1.29 is 4.39 Å². The summed E-state index contributed by atoms with van der Waals surface area (Å²) >= 11 is 7.60. The Kier molecular flexibility index (Phi) is 5.42. The number of halogens is 2. The molecule has 2 aromatic heterocycles. The van der Waals surface area contributed by atoms with Gasteiger partial charge in [-0.2, -0.15) is 0 Å². The number of para-hydroxylation sites is 1. The number of benzene rings is 2. The molecule has 144 valence electrons. The van der Waals surface area contributed by atoms with Gasteiger partial charge in [-0.15, -0.1) is 10.2 Å². The maximum absolute atomic E-state index is 14.1. The molecule has 0 atom stereocenters. The Morgan fingerprint density at radius 3 is 2.61 bits per heavy atom. The molecule has 4 aromatic rings. The molecule has 0 unspecified atom stereocenters. The van der Waals surface area contributed by atoms with Crippen LogP contribution in [0.4, 0.5) is 4.39 Å². The lowest BCUT2D eigenvalue weighted by Gasteiger charge is -2.08. The van der Waals surface area contributed by atoms with Gasteiger partial charge in [-0.3, -0.25) is 0 Å². The number of hydrogen-bond donors (Lipinski definition) is 0. The monoisotopic (exact) mass is 414 g/mol. The second-order valence-corrected chi connectivity index (χ2v) is 7.73. The molecule has 0 spiro atoms. The van der Waals surface area contributed by atoms with E-state index in [1.54, 1.807) is 12.1 Å². The molecular weight excluding hydrogens is 395 g/mol. The van der Waals surface area contributed by atoms with Gasteiger partial charge in [0.15, 0.2) is 11.0 Å². The molecule has 7 heteroatoms. The van der Waals surface area contributed by atoms with Gasteiger partial charge in [-0.05, 0) is 32.0 Å². The zero-order chi connectivity index (χ0) is 19.7. The third-order valence-electron chi connectivity index (χ3n) is 4.81. The summed E-state index contributed by atoms with van der Waals surface area (Å²) in [7, 11) is 0. The van der Waals surface area contributed by atoms with Crippen LogP contribution >= 0.6 is 23.4 Å². The Morgan fingerprint density at radius 1 is 1.04 bits per heavy atom. The highest BCUT2D eigenvalue weighted by atomic mass is 35.5. The fourth-order valence-electron chi connectivity index (χ4n) is 3.37. The number of hydrogen-bond acceptors (Lipinski definition) is 3. The molecule has 0 aliphatic carbocycles. The molecule has 4 rings (SSSR count). The third kappa shape index (κ3) is 3.31. The predicted molar refractivity (Wildman–Crippen MR) is 113 cm³/mol. The Morgan fingerprint density at radius 2 is 1.86 bits per heavy atom. The van der Waals surface area contributed by atoms with Gasteiger partial charge >= 0.3 is 0 Å². The van der Waals surface area contributed by atoms with Crippen molar-refractivity contribution in [2.24, 2.45) is 0 Å². The summed E-state index contributed by atoms with van der Waals surface area (Å²) in [6, 6.07) is 13.0. The lowest BCUT2D eigenvalue weighted by molar-refractivity contribution is 0.617. The van der Waals surface area contributed by atoms with Crippen LogP contribution in [0.1, 0.15) is 19.4 Å². The first-order chi connectivity index (χ1) is 13.6. The summed E-state index contributed by atoms with van der Waals surface area (Å²) < 4.78 is 18.4. The van der Waals surface area contributed by atoms with Crippen molar-refractivity contribution in [1.29, 1.82) is 0 Å². The number of rotatable bonds is 6. The minimum Gasteiger partial charge on any atom is -0.347 e. The molecule has 0 bridgehead atoms. The van der Waals surface area contributed by atoms with Crippen molar-refractivity contribution in [2.45, 2.75) is 37.8 Å². The van der Waals surface area contributed by atoms with E-state index in [2.05, 4.69) is 51.5 Å². The van der Waals surface area contributed by atoms with Crippen LogP contribution in [0, 0.1) is 5.82 Å². The first kappa shape index (κ1) is 19.0. The van der Waals surface area contributed by atoms with Crippen LogP contribution in [0.15, 0.2) is 53.8 Å². The summed E-state index contributed by atoms with van der Waals surface area (Å²) in [5.41, 5.74) is 2.73. The summed E-state index contributed by atoms with van der Waals surface area (Å²) in [5, 5.41) is 11.2. The summed E-state index contributed by atoms with van der Waals surface area (Å²) in [6.07, 6.45) is 2.13. The van der Waals surface area contributed by atoms with E-state index in [9.17, 15) is 4.39 Å². The molecule has 28 heavy (non-hydrogen) atoms. The average Bonchev–Trinajstić information content (AvgIpc) is 3.28. The van der Waals surface area contributed by atoms with E-state index in [0.717, 1.165) is 35.0 Å². The van der Waals surface area contributed by atoms with Crippen molar-refractivity contribution in [2.75, 3.05) is 0 Å². The average molecular weight is 415 g/mol. The van der Waals surface area contributed by atoms with Crippen molar-refractivity contribution in [3.05, 3.63) is 65.1 Å². The topological polar surface area (TPSA) is 35.6 Å². The van der Waals surface area contributed by atoms with Crippen molar-refractivity contribution >= 4 is 34.3 Å². The van der Waals surface area contributed by atoms with E-state index >= 15 is 0 Å². The first-order valence-electron chi connectivity index (χ1n) is 9.21. The first-order valence-corrected chi connectivity index (χ1v) is 10.6. The van der Waals surface area contributed by atoms with Gasteiger partial charge in [0.05, 0.1) is 0 Å². The molecule has 4 nitrogen and oxygen atoms in total. The van der Waals surface area contributed by atoms with E-state index in [4.69, 9.17) is 11.6 Å². The highest BCUT2D eigenvalue weighted by molar-refractivity contribution is 7.98. The van der Waals surface area contributed by atoms with Gasteiger partial charge in [0.2, 0.25) is 0 Å². The van der Waals surface area contributed by atoms with Crippen LogP contribution < -0.4 is 0 Å². The zero-order valence-corrected chi connectivity index (χ0v) is 17.3. The predicted octanol–water partition coefficient (Wildman–Crippen LogP) is 6.02. The molecule has 0 radical (unpaired) electrons. The Balaban J connectivity index is 1.71. The van der Waals surface area contributed by atoms with Crippen molar-refractivity contribution in [3.8, 4) is 11.4 Å². The minimum atomic E-state index is -0.297. The van der Waals surface area contributed by atoms with Crippen LogP contribution in [0.2, 0.25) is 5.02 Å². The summed E-state index contributed by atoms with van der Waals surface area (Å²) in [5.74, 6) is 0.933. The molecule has 0 N–H and O–H groups in total. The molecule has 0 saturated heterocycles. The molecule has 0 saturated carbocycles. The number of nitrogens with zero attached hydrogens (tertiary/aromatic N) is 4. The summed E-state index contributed by atoms with van der Waals surface area (Å²) in [6.45, 7) is 5.79. The number of aromatic nitrogens is 4. The fourth-order valence-corrected chi connectivity index (χ4v) is 4.72. The van der Waals surface area contributed by atoms with Gasteiger partial charge in [0, 0.05) is 52.1 Å². The van der Waals surface area contributed by atoms with Crippen molar-refractivity contribution in [1.82, 2.24) is 19.3 Å². The number of aryl methyl sites for hydroxylation is 1. The Bertz CT molecular complexity index is 1110. The standard InChI is InChI=1S/C21H20ClFN4S/c1-3-26-12-15(14-8-5-6-11-19(14)26)20-24-25-21(27(20)4-2)28-13-16-17(22)9-7-10-18(16)23/h5-12H,3-4,13H2,1-2H3. The molecule has 0 aliphatic rings. The van der Waals surface area contributed by atoms with Crippen LogP contribution in [-0.2, 0) is 18.8 Å². The lowest BCUT2D eigenvalue weighted by atomic mass is 10.1. The van der Waals surface area contributed by atoms with Gasteiger partial charge in [-0.1, -0.05) is 47.6 Å². The molecular formula is C21H20ClFN4S. The molecule has 2 heterocycles. The number of thioether (sulfide) groups is 1. The SMILES string of the molecule is CCn1c(SCc2c(F)cccc2Cl)nnc1-c1cn(CC)c2ccccc12. The second kappa shape index (κ2) is 7.97. The fraction of sp³-hybridized carbons (Fsp3) is 0.238. The van der Waals surface area contributed by atoms with Gasteiger partial charge < -0.3 is 9.13 Å². The Hall–Kier alpha value is -2.31. The van der Waals surface area contributed by atoms with Crippen LogP contribution in [-0.4, -0.2) is 19.3 Å². The van der Waals surface area contributed by atoms with E-state index in [1.807, 2.05) is 12.1 Å². The smallest absolute Gasteiger partial charge is 0.191 e. The van der Waals surface area contributed by atoms with Gasteiger partial charge in [0.1, 0.15) is 5.82 Å². The van der Waals surface area contributed by atoms with Crippen LogP contribution in [0.3, 0.4) is 0 Å². The van der Waals surface area contributed by atoms with E-state index in [1.165, 1.54) is 23.3 Å². The largest absolute Gasteiger partial charge is 0.347 e. The quantitative estimate of drug-likeness (QED) is 0.361. The van der Waals surface area contributed by atoms with Gasteiger partial charge in [0.25, 0.3) is 0 Å². The highest BCUT2D eigenvalue weighted by Crippen LogP contribution is 2.33. The van der Waals surface area contributed by atoms with Crippen molar-refractivity contribution in [3.63, 3.8) is 0 Å². The van der Waals surface area contributed by atoms with Gasteiger partial charge in [-0.25, -0.2) is 4.39 Å². The Labute approximate surface area is 172 Å². The minimum absolute atomic E-state index is 0.297. The van der Waals surface area contributed by atoms with Crippen LogP contribution in [0.5, 0.6) is 0 Å².